The van der Waals surface area contributed by atoms with Gasteiger partial charge in [0.2, 0.25) is 0 Å². The Morgan fingerprint density at radius 3 is 1.80 bits per heavy atom. The summed E-state index contributed by atoms with van der Waals surface area (Å²) in [6, 6.07) is 0. The Morgan fingerprint density at radius 2 is 1.70 bits per heavy atom. The van der Waals surface area contributed by atoms with Crippen LogP contribution < -0.4 is 24.8 Å². The molecule has 3 heteroatoms. The van der Waals surface area contributed by atoms with Crippen molar-refractivity contribution < 1.29 is 48.7 Å². The van der Waals surface area contributed by atoms with Crippen molar-refractivity contribution in [1.82, 2.24) is 0 Å². The third-order valence-corrected chi connectivity index (χ3v) is 2.45. The molecule has 0 N–H and O–H groups in total. The van der Waals surface area contributed by atoms with E-state index in [-0.39, 0.29) is 24.8 Å². The molecule has 0 aromatic heterocycles. The van der Waals surface area contributed by atoms with Gasteiger partial charge in [-0.2, -0.15) is 11.6 Å². The first-order chi connectivity index (χ1) is 8.32. The topological polar surface area (TPSA) is 0 Å². The first-order valence-corrected chi connectivity index (χ1v) is 8.15. The molecular weight excluding hydrogens is 454 g/mol. The van der Waals surface area contributed by atoms with Gasteiger partial charge in [0.05, 0.1) is 0 Å². The summed E-state index contributed by atoms with van der Waals surface area (Å²) in [5, 5.41) is 0. The van der Waals surface area contributed by atoms with Gasteiger partial charge in [-0.05, 0) is 0 Å². The maximum Gasteiger partial charge on any atom is -1.00 e. The fraction of sp³-hybridized carbons (Fsp3) is 0.471. The molecule has 0 amide bonds. The van der Waals surface area contributed by atoms with Crippen molar-refractivity contribution in [2.45, 2.75) is 48.0 Å². The Labute approximate surface area is 152 Å². The normalized spacial score (nSPS) is 18.0. The van der Waals surface area contributed by atoms with Gasteiger partial charge >= 0.3 is 41.0 Å². The molecular formula is C17H24Cl2Hf-2. The van der Waals surface area contributed by atoms with Gasteiger partial charge in [0.25, 0.3) is 0 Å². The third kappa shape index (κ3) is 14.7. The van der Waals surface area contributed by atoms with Crippen LogP contribution in [0.1, 0.15) is 48.0 Å². The quantitative estimate of drug-likeness (QED) is 0.303. The average molecular weight is 478 g/mol. The molecule has 0 fully saturated rings. The Balaban J connectivity index is -0.000000215. The molecule has 0 aromatic rings. The zero-order chi connectivity index (χ0) is 14.1. The molecule has 0 radical (unpaired) electrons. The number of hydrogen-bond acceptors (Lipinski definition) is 0. The van der Waals surface area contributed by atoms with E-state index in [0.717, 1.165) is 6.42 Å². The van der Waals surface area contributed by atoms with Crippen molar-refractivity contribution in [3.05, 3.63) is 47.1 Å². The molecule has 1 unspecified atom stereocenters. The van der Waals surface area contributed by atoms with E-state index in [1.54, 1.807) is 3.26 Å². The third-order valence-electron chi connectivity index (χ3n) is 2.45. The van der Waals surface area contributed by atoms with Crippen LogP contribution in [0.25, 0.3) is 0 Å². The zero-order valence-corrected chi connectivity index (χ0v) is 18.4. The number of rotatable bonds is 0. The maximum absolute atomic E-state index is 3.22. The smallest absolute Gasteiger partial charge is 1.00 e. The Bertz CT molecular complexity index is 397. The molecule has 0 saturated carbocycles. The summed E-state index contributed by atoms with van der Waals surface area (Å²) in [4.78, 5) is 0. The van der Waals surface area contributed by atoms with Crippen molar-refractivity contribution in [2.24, 2.45) is 5.92 Å². The number of allylic oxidation sites excluding steroid dienone is 8. The van der Waals surface area contributed by atoms with Crippen LogP contribution in [0.2, 0.25) is 0 Å². The van der Waals surface area contributed by atoms with Gasteiger partial charge in [0.15, 0.2) is 0 Å². The largest absolute Gasteiger partial charge is 1.00 e. The van der Waals surface area contributed by atoms with Crippen LogP contribution in [0.5, 0.6) is 0 Å². The standard InChI is InChI=1S/2C7H9.C3H6.2ClH.Hf/c1-6-3-4-7(2)5-6;1-6-4-3-5-7(6)2;1-3-2;;;/h3-4,6H,1-2H3;4H,5H2,1-2H3;1-2H3;2*1H;/q2*-1;;;;+2/p-2. The van der Waals surface area contributed by atoms with E-state index in [9.17, 15) is 0 Å². The first kappa shape index (κ1) is 25.2. The molecule has 20 heavy (non-hydrogen) atoms. The summed E-state index contributed by atoms with van der Waals surface area (Å²) >= 11 is 1.27. The van der Waals surface area contributed by atoms with E-state index in [1.807, 2.05) is 0 Å². The predicted molar refractivity (Wildman–Crippen MR) is 77.9 cm³/mol. The molecule has 0 bridgehead atoms. The van der Waals surface area contributed by atoms with Gasteiger partial charge in [0.1, 0.15) is 0 Å². The second-order valence-corrected chi connectivity index (χ2v) is 8.56. The molecule has 0 nitrogen and oxygen atoms in total. The van der Waals surface area contributed by atoms with Crippen molar-refractivity contribution in [2.75, 3.05) is 0 Å². The molecule has 0 aliphatic heterocycles. The molecule has 2 rings (SSSR count). The van der Waals surface area contributed by atoms with Gasteiger partial charge in [0, 0.05) is 0 Å². The van der Waals surface area contributed by atoms with Crippen molar-refractivity contribution in [1.29, 1.82) is 0 Å². The molecule has 0 aromatic carbocycles. The summed E-state index contributed by atoms with van der Waals surface area (Å²) < 4.78 is 1.56. The minimum atomic E-state index is 0. The average Bonchev–Trinajstić information content (AvgIpc) is 2.77. The van der Waals surface area contributed by atoms with Crippen molar-refractivity contribution >= 4 is 3.26 Å². The Kier molecular flexibility index (Phi) is 18.0. The van der Waals surface area contributed by atoms with Gasteiger partial charge < -0.3 is 24.8 Å². The molecule has 2 aliphatic rings. The maximum atomic E-state index is 3.22. The first-order valence-electron chi connectivity index (χ1n) is 6.36. The summed E-state index contributed by atoms with van der Waals surface area (Å²) in [5.41, 5.74) is 4.12. The number of hydrogen-bond donors (Lipinski definition) is 0. The van der Waals surface area contributed by atoms with Gasteiger partial charge in [-0.25, -0.2) is 23.3 Å². The van der Waals surface area contributed by atoms with Gasteiger partial charge in [-0.15, -0.1) is 13.3 Å². The zero-order valence-electron chi connectivity index (χ0n) is 13.3. The van der Waals surface area contributed by atoms with Crippen LogP contribution in [0.4, 0.5) is 0 Å². The fourth-order valence-electron chi connectivity index (χ4n) is 1.36. The molecule has 0 heterocycles. The SMILES string of the molecule is CC1=C(C)C[C-]=C1.CC1=[C-]C(C)C=C1.C[C](C)=[Hf+2].[Cl-].[Cl-]. The summed E-state index contributed by atoms with van der Waals surface area (Å²) in [6.45, 7) is 12.8. The van der Waals surface area contributed by atoms with E-state index in [4.69, 9.17) is 0 Å². The van der Waals surface area contributed by atoms with Crippen LogP contribution >= 0.6 is 0 Å². The van der Waals surface area contributed by atoms with Crippen LogP contribution in [0.15, 0.2) is 34.9 Å². The van der Waals surface area contributed by atoms with Gasteiger partial charge in [-0.3, -0.25) is 12.2 Å². The molecule has 0 saturated heterocycles. The van der Waals surface area contributed by atoms with Crippen molar-refractivity contribution in [3.63, 3.8) is 0 Å². The van der Waals surface area contributed by atoms with E-state index in [1.165, 1.54) is 40.6 Å². The van der Waals surface area contributed by atoms with Crippen LogP contribution in [-0.2, 0) is 23.9 Å². The minimum absolute atomic E-state index is 0. The Hall–Kier alpha value is 0.280. The van der Waals surface area contributed by atoms with Crippen LogP contribution in [0.3, 0.4) is 0 Å². The molecule has 1 atom stereocenters. The monoisotopic (exact) mass is 478 g/mol. The predicted octanol–water partition coefficient (Wildman–Crippen LogP) is -1.22. The molecule has 2 aliphatic carbocycles. The van der Waals surface area contributed by atoms with Crippen LogP contribution in [0, 0.1) is 18.1 Å². The summed E-state index contributed by atoms with van der Waals surface area (Å²) in [5.74, 6) is 0.556. The van der Waals surface area contributed by atoms with E-state index in [2.05, 4.69) is 71.9 Å². The summed E-state index contributed by atoms with van der Waals surface area (Å²) in [6.07, 6.45) is 13.7. The van der Waals surface area contributed by atoms with E-state index < -0.39 is 0 Å². The second kappa shape index (κ2) is 14.2. The summed E-state index contributed by atoms with van der Waals surface area (Å²) in [7, 11) is 0. The second-order valence-electron chi connectivity index (χ2n) is 4.96. The van der Waals surface area contributed by atoms with E-state index in [0.29, 0.717) is 5.92 Å². The van der Waals surface area contributed by atoms with Gasteiger partial charge in [-0.1, -0.05) is 26.7 Å². The van der Waals surface area contributed by atoms with Crippen LogP contribution in [-0.4, -0.2) is 3.26 Å². The number of halogens is 2. The van der Waals surface area contributed by atoms with E-state index >= 15 is 0 Å². The minimum Gasteiger partial charge on any atom is -1.00 e. The Morgan fingerprint density at radius 1 is 1.20 bits per heavy atom. The fourth-order valence-corrected chi connectivity index (χ4v) is 1.36. The molecule has 112 valence electrons. The molecule has 0 spiro atoms. The van der Waals surface area contributed by atoms with Crippen molar-refractivity contribution in [3.8, 4) is 0 Å².